The molecule has 2 aromatic carbocycles. The zero-order valence-corrected chi connectivity index (χ0v) is 21.1. The van der Waals surface area contributed by atoms with Crippen molar-refractivity contribution in [2.45, 2.75) is 6.92 Å². The monoisotopic (exact) mass is 472 g/mol. The second-order valence-electron chi connectivity index (χ2n) is 9.60. The van der Waals surface area contributed by atoms with E-state index >= 15 is 0 Å². The number of hydrogen-bond acceptors (Lipinski definition) is 7. The molecule has 1 fully saturated rings. The molecule has 0 atom stereocenters. The number of likely N-dealkylation sites (N-methyl/N-ethyl adjacent to an activating group) is 2. The van der Waals surface area contributed by atoms with E-state index in [9.17, 15) is 10.1 Å². The van der Waals surface area contributed by atoms with Crippen LogP contribution in [0.15, 0.2) is 35.1 Å². The van der Waals surface area contributed by atoms with Gasteiger partial charge >= 0.3 is 0 Å². The van der Waals surface area contributed by atoms with Gasteiger partial charge in [0.1, 0.15) is 11.8 Å². The molecule has 0 saturated carbocycles. The average Bonchev–Trinajstić information content (AvgIpc) is 2.87. The highest BCUT2D eigenvalue weighted by Gasteiger charge is 2.28. The van der Waals surface area contributed by atoms with Gasteiger partial charge in [0.25, 0.3) is 5.56 Å². The van der Waals surface area contributed by atoms with Crippen LogP contribution in [0.4, 0.5) is 22.7 Å². The van der Waals surface area contributed by atoms with Gasteiger partial charge in [-0.25, -0.2) is 0 Å². The number of ether oxygens (including phenoxy) is 1. The zero-order valence-electron chi connectivity index (χ0n) is 21.1. The lowest BCUT2D eigenvalue weighted by molar-refractivity contribution is 0.313. The van der Waals surface area contributed by atoms with Crippen LogP contribution in [0.3, 0.4) is 0 Å². The van der Waals surface area contributed by atoms with Gasteiger partial charge in [0.15, 0.2) is 0 Å². The SMILES string of the molecule is COc1cc(N2CCN(C)c3cc(N4CCN(C)CC4)c(C#N)cc32)c2cc(C)c(=O)n(C)c2c1. The van der Waals surface area contributed by atoms with E-state index in [1.165, 1.54) is 0 Å². The smallest absolute Gasteiger partial charge is 0.253 e. The summed E-state index contributed by atoms with van der Waals surface area (Å²) in [6.45, 7) is 7.23. The number of rotatable bonds is 3. The Labute approximate surface area is 206 Å². The fourth-order valence-electron chi connectivity index (χ4n) is 5.24. The van der Waals surface area contributed by atoms with E-state index in [0.29, 0.717) is 16.9 Å². The van der Waals surface area contributed by atoms with Crippen molar-refractivity contribution >= 4 is 33.7 Å². The number of hydrogen-bond donors (Lipinski definition) is 0. The third-order valence-electron chi connectivity index (χ3n) is 7.42. The second kappa shape index (κ2) is 8.82. The first-order chi connectivity index (χ1) is 16.8. The highest BCUT2D eigenvalue weighted by molar-refractivity contribution is 5.98. The summed E-state index contributed by atoms with van der Waals surface area (Å²) >= 11 is 0. The van der Waals surface area contributed by atoms with E-state index in [1.807, 2.05) is 31.2 Å². The van der Waals surface area contributed by atoms with Crippen LogP contribution in [0.2, 0.25) is 0 Å². The first kappa shape index (κ1) is 23.1. The maximum Gasteiger partial charge on any atom is 0.253 e. The Morgan fingerprint density at radius 1 is 0.857 bits per heavy atom. The molecule has 182 valence electrons. The molecule has 3 heterocycles. The van der Waals surface area contributed by atoms with Crippen LogP contribution in [-0.4, -0.2) is 69.9 Å². The Morgan fingerprint density at radius 3 is 2.29 bits per heavy atom. The molecule has 0 unspecified atom stereocenters. The number of methoxy groups -OCH3 is 1. The second-order valence-corrected chi connectivity index (χ2v) is 9.60. The summed E-state index contributed by atoms with van der Waals surface area (Å²) in [5, 5.41) is 11.1. The van der Waals surface area contributed by atoms with Crippen LogP contribution < -0.4 is 25.0 Å². The molecule has 5 rings (SSSR count). The van der Waals surface area contributed by atoms with Crippen molar-refractivity contribution in [2.24, 2.45) is 7.05 Å². The molecule has 0 aliphatic carbocycles. The average molecular weight is 473 g/mol. The van der Waals surface area contributed by atoms with Crippen LogP contribution in [0.25, 0.3) is 10.9 Å². The summed E-state index contributed by atoms with van der Waals surface area (Å²) in [6.07, 6.45) is 0. The summed E-state index contributed by atoms with van der Waals surface area (Å²) in [5.74, 6) is 0.696. The van der Waals surface area contributed by atoms with Crippen LogP contribution >= 0.6 is 0 Å². The number of nitriles is 1. The van der Waals surface area contributed by atoms with Crippen molar-refractivity contribution < 1.29 is 4.74 Å². The molecule has 0 bridgehead atoms. The summed E-state index contributed by atoms with van der Waals surface area (Å²) in [6, 6.07) is 12.6. The van der Waals surface area contributed by atoms with Crippen molar-refractivity contribution in [3.05, 3.63) is 51.8 Å². The molecule has 0 radical (unpaired) electrons. The molecule has 0 amide bonds. The van der Waals surface area contributed by atoms with E-state index in [4.69, 9.17) is 4.74 Å². The number of fused-ring (bicyclic) bond motifs is 2. The quantitative estimate of drug-likeness (QED) is 0.580. The lowest BCUT2D eigenvalue weighted by Crippen LogP contribution is -2.45. The predicted octanol–water partition coefficient (Wildman–Crippen LogP) is 3.07. The Balaban J connectivity index is 1.70. The summed E-state index contributed by atoms with van der Waals surface area (Å²) in [5.41, 5.74) is 6.26. The molecule has 2 aliphatic rings. The first-order valence-corrected chi connectivity index (χ1v) is 12.0. The van der Waals surface area contributed by atoms with Gasteiger partial charge in [-0.3, -0.25) is 4.79 Å². The molecule has 1 aromatic heterocycles. The minimum absolute atomic E-state index is 0.0148. The maximum atomic E-state index is 12.7. The molecule has 8 heteroatoms. The molecule has 2 aliphatic heterocycles. The lowest BCUT2D eigenvalue weighted by Gasteiger charge is -2.40. The van der Waals surface area contributed by atoms with Crippen molar-refractivity contribution in [1.29, 1.82) is 5.26 Å². The van der Waals surface area contributed by atoms with E-state index in [0.717, 1.165) is 72.9 Å². The van der Waals surface area contributed by atoms with Crippen molar-refractivity contribution in [1.82, 2.24) is 9.47 Å². The van der Waals surface area contributed by atoms with Gasteiger partial charge in [-0.05, 0) is 32.2 Å². The lowest BCUT2D eigenvalue weighted by atomic mass is 10.0. The standard InChI is InChI=1S/C27H32N6O2/c1-18-12-21-23(31(4)27(18)34)14-20(35-5)15-24(21)33-11-8-30(3)25-16-22(19(17-28)13-26(25)33)32-9-6-29(2)7-10-32/h12-16H,6-11H2,1-5H3. The normalized spacial score (nSPS) is 16.4. The zero-order chi connectivity index (χ0) is 24.9. The highest BCUT2D eigenvalue weighted by atomic mass is 16.5. The minimum atomic E-state index is -0.0148. The third kappa shape index (κ3) is 3.86. The molecule has 0 spiro atoms. The molecular weight excluding hydrogens is 440 g/mol. The van der Waals surface area contributed by atoms with Gasteiger partial charge in [0, 0.05) is 76.4 Å². The summed E-state index contributed by atoms with van der Waals surface area (Å²) in [4.78, 5) is 21.8. The molecule has 0 N–H and O–H groups in total. The Morgan fingerprint density at radius 2 is 1.60 bits per heavy atom. The van der Waals surface area contributed by atoms with Gasteiger partial charge in [-0.15, -0.1) is 0 Å². The summed E-state index contributed by atoms with van der Waals surface area (Å²) < 4.78 is 7.31. The van der Waals surface area contributed by atoms with Crippen molar-refractivity contribution in [3.8, 4) is 11.8 Å². The number of nitrogens with zero attached hydrogens (tertiary/aromatic N) is 6. The number of aromatic nitrogens is 1. The topological polar surface area (TPSA) is 68.0 Å². The van der Waals surface area contributed by atoms with Gasteiger partial charge in [-0.1, -0.05) is 0 Å². The van der Waals surface area contributed by atoms with Gasteiger partial charge in [0.2, 0.25) is 0 Å². The molecule has 8 nitrogen and oxygen atoms in total. The third-order valence-corrected chi connectivity index (χ3v) is 7.42. The summed E-state index contributed by atoms with van der Waals surface area (Å²) in [7, 11) is 7.69. The van der Waals surface area contributed by atoms with Crippen LogP contribution in [0.1, 0.15) is 11.1 Å². The number of piperazine rings is 1. The number of anilines is 4. The van der Waals surface area contributed by atoms with E-state index in [1.54, 1.807) is 18.7 Å². The largest absolute Gasteiger partial charge is 0.497 e. The molecule has 35 heavy (non-hydrogen) atoms. The Kier molecular flexibility index (Phi) is 5.81. The first-order valence-electron chi connectivity index (χ1n) is 12.0. The van der Waals surface area contributed by atoms with Gasteiger partial charge < -0.3 is 28.9 Å². The van der Waals surface area contributed by atoms with E-state index in [-0.39, 0.29) is 5.56 Å². The van der Waals surface area contributed by atoms with Crippen LogP contribution in [-0.2, 0) is 7.05 Å². The van der Waals surface area contributed by atoms with Crippen molar-refractivity contribution in [3.63, 3.8) is 0 Å². The fraction of sp³-hybridized carbons (Fsp3) is 0.407. The molecule has 1 saturated heterocycles. The number of pyridine rings is 1. The number of aryl methyl sites for hydroxylation is 2. The minimum Gasteiger partial charge on any atom is -0.497 e. The predicted molar refractivity (Wildman–Crippen MR) is 142 cm³/mol. The maximum absolute atomic E-state index is 12.7. The van der Waals surface area contributed by atoms with Crippen molar-refractivity contribution in [2.75, 3.05) is 75.2 Å². The highest BCUT2D eigenvalue weighted by Crippen LogP contribution is 2.44. The molecular formula is C27H32N6O2. The van der Waals surface area contributed by atoms with Crippen LogP contribution in [0.5, 0.6) is 5.75 Å². The number of benzene rings is 2. The van der Waals surface area contributed by atoms with Gasteiger partial charge in [0.05, 0.1) is 40.9 Å². The fourth-order valence-corrected chi connectivity index (χ4v) is 5.24. The van der Waals surface area contributed by atoms with Gasteiger partial charge in [-0.2, -0.15) is 5.26 Å². The van der Waals surface area contributed by atoms with E-state index < -0.39 is 0 Å². The Bertz CT molecular complexity index is 1400. The Hall–Kier alpha value is -3.70. The van der Waals surface area contributed by atoms with Crippen LogP contribution in [0, 0.1) is 18.3 Å². The van der Waals surface area contributed by atoms with E-state index in [2.05, 4.69) is 45.8 Å². The molecule has 3 aromatic rings.